The highest BCUT2D eigenvalue weighted by molar-refractivity contribution is 6.29. The van der Waals surface area contributed by atoms with Crippen molar-refractivity contribution in [3.63, 3.8) is 0 Å². The summed E-state index contributed by atoms with van der Waals surface area (Å²) in [6, 6.07) is 1.89. The molecule has 100 valence electrons. The Labute approximate surface area is 115 Å². The van der Waals surface area contributed by atoms with Crippen LogP contribution in [0.4, 0.5) is 0 Å². The first-order valence-electron chi connectivity index (χ1n) is 5.64. The number of nitrogens with zero attached hydrogens (tertiary/aromatic N) is 4. The largest absolute Gasteiger partial charge is 0.460 e. The topological polar surface area (TPSA) is 69.4 Å². The molecule has 6 nitrogen and oxygen atoms in total. The van der Waals surface area contributed by atoms with Crippen molar-refractivity contribution in [2.24, 2.45) is 0 Å². The predicted molar refractivity (Wildman–Crippen MR) is 69.9 cm³/mol. The molecule has 0 atom stereocenters. The van der Waals surface area contributed by atoms with E-state index in [-0.39, 0.29) is 18.1 Å². The fraction of sp³-hybridized carbons (Fsp3) is 0.333. The number of aryl methyl sites for hydroxylation is 2. The number of rotatable bonds is 4. The molecule has 2 rings (SSSR count). The Morgan fingerprint density at radius 2 is 2.21 bits per heavy atom. The molecule has 0 fully saturated rings. The minimum Gasteiger partial charge on any atom is -0.460 e. The van der Waals surface area contributed by atoms with Crippen LogP contribution < -0.4 is 0 Å². The monoisotopic (exact) mass is 280 g/mol. The minimum absolute atomic E-state index is 0.00978. The molecule has 0 saturated heterocycles. The second-order valence-electron chi connectivity index (χ2n) is 4.13. The van der Waals surface area contributed by atoms with E-state index in [1.165, 1.54) is 0 Å². The number of halogens is 1. The number of carbonyl (C=O) groups excluding carboxylic acids is 1. The van der Waals surface area contributed by atoms with Crippen molar-refractivity contribution in [3.8, 4) is 0 Å². The number of carbonyl (C=O) groups is 1. The molecular formula is C12H13ClN4O2. The van der Waals surface area contributed by atoms with Gasteiger partial charge in [0.15, 0.2) is 5.82 Å². The van der Waals surface area contributed by atoms with Crippen LogP contribution in [0.3, 0.4) is 0 Å². The lowest BCUT2D eigenvalue weighted by atomic mass is 10.4. The van der Waals surface area contributed by atoms with Crippen molar-refractivity contribution < 1.29 is 9.53 Å². The maximum absolute atomic E-state index is 11.5. The number of hydrogen-bond donors (Lipinski definition) is 0. The zero-order chi connectivity index (χ0) is 14.0. The molecule has 0 saturated carbocycles. The van der Waals surface area contributed by atoms with Gasteiger partial charge in [-0.15, -0.1) is 5.10 Å². The van der Waals surface area contributed by atoms with Crippen LogP contribution in [-0.4, -0.2) is 32.2 Å². The van der Waals surface area contributed by atoms with Gasteiger partial charge in [0.2, 0.25) is 0 Å². The number of ether oxygens (including phenoxy) is 1. The van der Waals surface area contributed by atoms with Crippen LogP contribution >= 0.6 is 11.6 Å². The van der Waals surface area contributed by atoms with Gasteiger partial charge in [0, 0.05) is 16.4 Å². The smallest absolute Gasteiger partial charge is 0.313 e. The summed E-state index contributed by atoms with van der Waals surface area (Å²) in [7, 11) is 0. The molecule has 19 heavy (non-hydrogen) atoms. The highest BCUT2D eigenvalue weighted by Crippen LogP contribution is 2.06. The van der Waals surface area contributed by atoms with Crippen LogP contribution in [-0.2, 0) is 16.0 Å². The fourth-order valence-electron chi connectivity index (χ4n) is 1.62. The first kappa shape index (κ1) is 13.5. The zero-order valence-electron chi connectivity index (χ0n) is 10.7. The average molecular weight is 281 g/mol. The Kier molecular flexibility index (Phi) is 3.80. The van der Waals surface area contributed by atoms with Gasteiger partial charge in [-0.1, -0.05) is 18.2 Å². The third kappa shape index (κ3) is 3.29. The lowest BCUT2D eigenvalue weighted by Gasteiger charge is -2.00. The molecule has 0 bridgehead atoms. The van der Waals surface area contributed by atoms with Crippen molar-refractivity contribution in [1.29, 1.82) is 0 Å². The van der Waals surface area contributed by atoms with E-state index in [9.17, 15) is 4.79 Å². The highest BCUT2D eigenvalue weighted by atomic mass is 35.5. The molecule has 0 aliphatic heterocycles. The van der Waals surface area contributed by atoms with Crippen molar-refractivity contribution in [1.82, 2.24) is 19.6 Å². The molecule has 0 spiro atoms. The Morgan fingerprint density at radius 1 is 1.47 bits per heavy atom. The molecule has 2 heterocycles. The molecule has 0 aliphatic carbocycles. The van der Waals surface area contributed by atoms with Crippen LogP contribution in [0, 0.1) is 13.8 Å². The van der Waals surface area contributed by atoms with Gasteiger partial charge in [0.25, 0.3) is 5.78 Å². The molecular weight excluding hydrogens is 268 g/mol. The first-order valence-corrected chi connectivity index (χ1v) is 6.02. The normalized spacial score (nSPS) is 10.7. The van der Waals surface area contributed by atoms with Gasteiger partial charge in [-0.2, -0.15) is 4.98 Å². The summed E-state index contributed by atoms with van der Waals surface area (Å²) < 4.78 is 6.47. The van der Waals surface area contributed by atoms with E-state index in [1.807, 2.05) is 19.9 Å². The molecule has 0 radical (unpaired) electrons. The van der Waals surface area contributed by atoms with Crippen LogP contribution in [0.5, 0.6) is 0 Å². The summed E-state index contributed by atoms with van der Waals surface area (Å²) in [6.07, 6.45) is -0.0218. The SMILES string of the molecule is C=C(Cl)COC(=O)Cc1nc2nc(C)cc(C)n2n1. The fourth-order valence-corrected chi connectivity index (χ4v) is 1.68. The second kappa shape index (κ2) is 5.36. The summed E-state index contributed by atoms with van der Waals surface area (Å²) in [5, 5.41) is 4.48. The maximum atomic E-state index is 11.5. The van der Waals surface area contributed by atoms with Gasteiger partial charge in [-0.25, -0.2) is 9.50 Å². The van der Waals surface area contributed by atoms with Crippen molar-refractivity contribution in [3.05, 3.63) is 34.9 Å². The molecule has 2 aromatic heterocycles. The van der Waals surface area contributed by atoms with E-state index in [4.69, 9.17) is 16.3 Å². The van der Waals surface area contributed by atoms with Crippen molar-refractivity contribution >= 4 is 23.3 Å². The number of esters is 1. The predicted octanol–water partition coefficient (Wildman–Crippen LogP) is 1.58. The molecule has 0 aromatic carbocycles. The summed E-state index contributed by atoms with van der Waals surface area (Å²) in [5.41, 5.74) is 1.76. The molecule has 0 aliphatic rings. The number of hydrogen-bond acceptors (Lipinski definition) is 5. The molecule has 7 heteroatoms. The maximum Gasteiger partial charge on any atom is 0.313 e. The van der Waals surface area contributed by atoms with Crippen LogP contribution in [0.15, 0.2) is 17.7 Å². The van der Waals surface area contributed by atoms with Crippen LogP contribution in [0.25, 0.3) is 5.78 Å². The first-order chi connectivity index (χ1) is 8.95. The summed E-state index contributed by atoms with van der Waals surface area (Å²) in [5.74, 6) is 0.389. The Balaban J connectivity index is 2.15. The van der Waals surface area contributed by atoms with E-state index in [0.29, 0.717) is 11.6 Å². The van der Waals surface area contributed by atoms with Gasteiger partial charge in [-0.05, 0) is 19.9 Å². The summed E-state index contributed by atoms with van der Waals surface area (Å²) in [4.78, 5) is 19.9. The third-order valence-electron chi connectivity index (χ3n) is 2.35. The van der Waals surface area contributed by atoms with Gasteiger partial charge < -0.3 is 4.74 Å². The van der Waals surface area contributed by atoms with Gasteiger partial charge in [0.1, 0.15) is 13.0 Å². The third-order valence-corrected chi connectivity index (χ3v) is 2.46. The summed E-state index contributed by atoms with van der Waals surface area (Å²) in [6.45, 7) is 7.20. The quantitative estimate of drug-likeness (QED) is 0.795. The molecule has 0 unspecified atom stereocenters. The lowest BCUT2D eigenvalue weighted by Crippen LogP contribution is -2.10. The van der Waals surface area contributed by atoms with E-state index in [1.54, 1.807) is 4.52 Å². The Morgan fingerprint density at radius 3 is 2.89 bits per heavy atom. The van der Waals surface area contributed by atoms with Crippen molar-refractivity contribution in [2.45, 2.75) is 20.3 Å². The van der Waals surface area contributed by atoms with Gasteiger partial charge in [-0.3, -0.25) is 4.79 Å². The number of aromatic nitrogens is 4. The van der Waals surface area contributed by atoms with E-state index < -0.39 is 5.97 Å². The number of fused-ring (bicyclic) bond motifs is 1. The van der Waals surface area contributed by atoms with E-state index >= 15 is 0 Å². The average Bonchev–Trinajstić information content (AvgIpc) is 2.69. The van der Waals surface area contributed by atoms with Crippen LogP contribution in [0.2, 0.25) is 0 Å². The zero-order valence-corrected chi connectivity index (χ0v) is 11.4. The van der Waals surface area contributed by atoms with Crippen molar-refractivity contribution in [2.75, 3.05) is 6.61 Å². The Bertz CT molecular complexity index is 650. The summed E-state index contributed by atoms with van der Waals surface area (Å²) >= 11 is 5.51. The van der Waals surface area contributed by atoms with Gasteiger partial charge in [0.05, 0.1) is 0 Å². The van der Waals surface area contributed by atoms with Crippen LogP contribution in [0.1, 0.15) is 17.2 Å². The highest BCUT2D eigenvalue weighted by Gasteiger charge is 2.12. The molecule has 0 amide bonds. The van der Waals surface area contributed by atoms with E-state index in [2.05, 4.69) is 21.6 Å². The lowest BCUT2D eigenvalue weighted by molar-refractivity contribution is -0.141. The van der Waals surface area contributed by atoms with Gasteiger partial charge >= 0.3 is 5.97 Å². The minimum atomic E-state index is -0.452. The second-order valence-corrected chi connectivity index (χ2v) is 4.67. The molecule has 2 aromatic rings. The standard InChI is InChI=1S/C12H13ClN4O2/c1-7(13)6-19-11(18)5-10-15-12-14-8(2)4-9(3)17(12)16-10/h4H,1,5-6H2,2-3H3. The Hall–Kier alpha value is -1.95. The van der Waals surface area contributed by atoms with E-state index in [0.717, 1.165) is 11.4 Å². The molecule has 0 N–H and O–H groups in total.